The van der Waals surface area contributed by atoms with Gasteiger partial charge in [-0.3, -0.25) is 0 Å². The summed E-state index contributed by atoms with van der Waals surface area (Å²) in [5, 5.41) is 13.6. The molecular weight excluding hydrogens is 452 g/mol. The number of hydrogen-bond donors (Lipinski definition) is 3. The molecule has 2 amide bonds. The molecule has 1 atom stereocenters. The highest BCUT2D eigenvalue weighted by atomic mass is 79.9. The minimum absolute atomic E-state index is 0.277. The van der Waals surface area contributed by atoms with E-state index >= 15 is 0 Å². The van der Waals surface area contributed by atoms with E-state index in [-0.39, 0.29) is 11.1 Å². The molecule has 10 nitrogen and oxygen atoms in total. The van der Waals surface area contributed by atoms with Crippen molar-refractivity contribution in [2.24, 2.45) is 0 Å². The minimum Gasteiger partial charge on any atom is -0.383 e. The summed E-state index contributed by atoms with van der Waals surface area (Å²) >= 11 is 9.59. The highest BCUT2D eigenvalue weighted by Crippen LogP contribution is 2.35. The Hall–Kier alpha value is -2.76. The quantitative estimate of drug-likeness (QED) is 0.523. The van der Waals surface area contributed by atoms with E-state index in [0.29, 0.717) is 33.0 Å². The maximum Gasteiger partial charge on any atom is 0.323 e. The SMILES string of the molecule is CO[C@@H](C)c1c(NC(=O)Nc2cnc(-n3nccn3)c(Cl)c2)cnc(N)c1Br. The fraction of sp³-hybridized carbons (Fsp3) is 0.188. The highest BCUT2D eigenvalue weighted by molar-refractivity contribution is 9.10. The van der Waals surface area contributed by atoms with Gasteiger partial charge in [-0.15, -0.1) is 4.80 Å². The molecule has 28 heavy (non-hydrogen) atoms. The summed E-state index contributed by atoms with van der Waals surface area (Å²) in [4.78, 5) is 21.9. The Kier molecular flexibility index (Phi) is 6.07. The molecule has 146 valence electrons. The molecule has 0 aliphatic carbocycles. The van der Waals surface area contributed by atoms with Gasteiger partial charge in [0.25, 0.3) is 0 Å². The summed E-state index contributed by atoms with van der Waals surface area (Å²) in [5.74, 6) is 0.643. The standard InChI is InChI=1S/C16H16BrClN8O2/c1-8(28-2)12-11(7-20-14(19)13(12)17)25-16(27)24-9-5-10(18)15(21-6-9)26-22-3-4-23-26/h3-8H,1-2H3,(H2,19,20)(H2,24,25,27)/t8-/m0/s1. The Morgan fingerprint density at radius 3 is 2.64 bits per heavy atom. The van der Waals surface area contributed by atoms with Crippen molar-refractivity contribution in [1.29, 1.82) is 0 Å². The van der Waals surface area contributed by atoms with Crippen molar-refractivity contribution in [2.45, 2.75) is 13.0 Å². The fourth-order valence-electron chi connectivity index (χ4n) is 2.39. The van der Waals surface area contributed by atoms with Gasteiger partial charge < -0.3 is 21.1 Å². The molecule has 0 saturated carbocycles. The molecule has 0 spiro atoms. The predicted octanol–water partition coefficient (Wildman–Crippen LogP) is 3.41. The Morgan fingerprint density at radius 2 is 2.00 bits per heavy atom. The minimum atomic E-state index is -0.508. The number of amides is 2. The first kappa shape index (κ1) is 20.0. The Morgan fingerprint density at radius 1 is 1.29 bits per heavy atom. The van der Waals surface area contributed by atoms with Gasteiger partial charge in [0.05, 0.1) is 51.8 Å². The second kappa shape index (κ2) is 8.50. The van der Waals surface area contributed by atoms with Crippen LogP contribution in [-0.2, 0) is 4.74 Å². The van der Waals surface area contributed by atoms with Crippen molar-refractivity contribution in [1.82, 2.24) is 25.0 Å². The Labute approximate surface area is 173 Å². The summed E-state index contributed by atoms with van der Waals surface area (Å²) in [6, 6.07) is 1.04. The van der Waals surface area contributed by atoms with Crippen LogP contribution in [0, 0.1) is 0 Å². The van der Waals surface area contributed by atoms with E-state index < -0.39 is 6.03 Å². The molecule has 0 aromatic carbocycles. The number of urea groups is 1. The zero-order chi connectivity index (χ0) is 20.3. The van der Waals surface area contributed by atoms with Crippen LogP contribution >= 0.6 is 27.5 Å². The molecule has 0 fully saturated rings. The molecule has 12 heteroatoms. The van der Waals surface area contributed by atoms with Crippen LogP contribution in [0.15, 0.2) is 35.3 Å². The zero-order valence-corrected chi connectivity index (χ0v) is 17.2. The third-order valence-electron chi connectivity index (χ3n) is 3.78. The predicted molar refractivity (Wildman–Crippen MR) is 109 cm³/mol. The lowest BCUT2D eigenvalue weighted by Crippen LogP contribution is -2.21. The van der Waals surface area contributed by atoms with Crippen molar-refractivity contribution < 1.29 is 9.53 Å². The van der Waals surface area contributed by atoms with Crippen LogP contribution in [0.5, 0.6) is 0 Å². The molecule has 3 heterocycles. The van der Waals surface area contributed by atoms with Gasteiger partial charge in [-0.05, 0) is 28.9 Å². The van der Waals surface area contributed by atoms with Crippen molar-refractivity contribution in [3.05, 3.63) is 45.9 Å². The van der Waals surface area contributed by atoms with Crippen LogP contribution in [0.4, 0.5) is 22.0 Å². The maximum atomic E-state index is 12.4. The normalized spacial score (nSPS) is 11.9. The average Bonchev–Trinajstić information content (AvgIpc) is 3.19. The molecule has 4 N–H and O–H groups in total. The van der Waals surface area contributed by atoms with Crippen LogP contribution in [0.3, 0.4) is 0 Å². The van der Waals surface area contributed by atoms with Crippen LogP contribution < -0.4 is 16.4 Å². The van der Waals surface area contributed by atoms with Crippen LogP contribution in [0.25, 0.3) is 5.82 Å². The molecular formula is C16H16BrClN8O2. The van der Waals surface area contributed by atoms with Crippen molar-refractivity contribution in [3.63, 3.8) is 0 Å². The van der Waals surface area contributed by atoms with Gasteiger partial charge in [0.1, 0.15) is 5.82 Å². The number of nitrogen functional groups attached to an aromatic ring is 1. The van der Waals surface area contributed by atoms with Gasteiger partial charge in [0.2, 0.25) is 0 Å². The third kappa shape index (κ3) is 4.21. The van der Waals surface area contributed by atoms with Crippen LogP contribution in [0.2, 0.25) is 5.02 Å². The number of anilines is 3. The van der Waals surface area contributed by atoms with E-state index in [1.807, 2.05) is 6.92 Å². The Bertz CT molecular complexity index is 999. The average molecular weight is 468 g/mol. The molecule has 0 unspecified atom stereocenters. The van der Waals surface area contributed by atoms with Gasteiger partial charge >= 0.3 is 6.03 Å². The monoisotopic (exact) mass is 466 g/mol. The number of nitrogens with one attached hydrogen (secondary N) is 2. The highest BCUT2D eigenvalue weighted by Gasteiger charge is 2.19. The first-order valence-corrected chi connectivity index (χ1v) is 9.14. The molecule has 3 aromatic rings. The number of carbonyl (C=O) groups is 1. The Balaban J connectivity index is 1.78. The molecule has 0 bridgehead atoms. The summed E-state index contributed by atoms with van der Waals surface area (Å²) in [5.41, 5.74) is 7.34. The molecule has 0 aliphatic heterocycles. The van der Waals surface area contributed by atoms with Crippen molar-refractivity contribution >= 4 is 50.8 Å². The molecule has 0 saturated heterocycles. The van der Waals surface area contributed by atoms with E-state index in [9.17, 15) is 4.79 Å². The summed E-state index contributed by atoms with van der Waals surface area (Å²) in [6.07, 6.45) is 5.60. The number of nitrogens with zero attached hydrogens (tertiary/aromatic N) is 5. The van der Waals surface area contributed by atoms with Gasteiger partial charge in [-0.2, -0.15) is 10.2 Å². The van der Waals surface area contributed by atoms with E-state index in [2.05, 4.69) is 46.7 Å². The molecule has 3 rings (SSSR count). The van der Waals surface area contributed by atoms with Crippen LogP contribution in [-0.4, -0.2) is 38.1 Å². The largest absolute Gasteiger partial charge is 0.383 e. The van der Waals surface area contributed by atoms with Gasteiger partial charge in [0, 0.05) is 12.7 Å². The number of halogens is 2. The van der Waals surface area contributed by atoms with E-state index in [1.54, 1.807) is 13.2 Å². The van der Waals surface area contributed by atoms with E-state index in [0.717, 1.165) is 0 Å². The number of methoxy groups -OCH3 is 1. The lowest BCUT2D eigenvalue weighted by atomic mass is 10.1. The number of aromatic nitrogens is 5. The van der Waals surface area contributed by atoms with Gasteiger partial charge in [-0.25, -0.2) is 14.8 Å². The van der Waals surface area contributed by atoms with E-state index in [1.165, 1.54) is 29.6 Å². The zero-order valence-electron chi connectivity index (χ0n) is 14.8. The van der Waals surface area contributed by atoms with Gasteiger partial charge in [-0.1, -0.05) is 11.6 Å². The smallest absolute Gasteiger partial charge is 0.323 e. The molecule has 0 radical (unpaired) electrons. The summed E-state index contributed by atoms with van der Waals surface area (Å²) in [7, 11) is 1.56. The topological polar surface area (TPSA) is 133 Å². The number of rotatable bonds is 5. The first-order chi connectivity index (χ1) is 13.4. The van der Waals surface area contributed by atoms with Crippen LogP contribution in [0.1, 0.15) is 18.6 Å². The van der Waals surface area contributed by atoms with Crippen molar-refractivity contribution in [2.75, 3.05) is 23.5 Å². The molecule has 3 aromatic heterocycles. The van der Waals surface area contributed by atoms with Crippen molar-refractivity contribution in [3.8, 4) is 5.82 Å². The lowest BCUT2D eigenvalue weighted by Gasteiger charge is -2.18. The first-order valence-electron chi connectivity index (χ1n) is 7.97. The summed E-state index contributed by atoms with van der Waals surface area (Å²) < 4.78 is 5.91. The van der Waals surface area contributed by atoms with Gasteiger partial charge in [0.15, 0.2) is 5.82 Å². The van der Waals surface area contributed by atoms with E-state index in [4.69, 9.17) is 22.1 Å². The number of ether oxygens (including phenoxy) is 1. The number of pyridine rings is 2. The second-order valence-electron chi connectivity index (χ2n) is 5.59. The second-order valence-corrected chi connectivity index (χ2v) is 6.79. The summed E-state index contributed by atoms with van der Waals surface area (Å²) in [6.45, 7) is 1.83. The number of nitrogens with two attached hydrogens (primary N) is 1. The number of hydrogen-bond acceptors (Lipinski definition) is 7. The third-order valence-corrected chi connectivity index (χ3v) is 4.89. The molecule has 0 aliphatic rings. The maximum absolute atomic E-state index is 12.4. The number of carbonyl (C=O) groups excluding carboxylic acids is 1. The lowest BCUT2D eigenvalue weighted by molar-refractivity contribution is 0.119. The fourth-order valence-corrected chi connectivity index (χ4v) is 3.27.